The standard InChI is InChI=1S/C8H16N2/c1-3-4-5-10-7-6-9(2)8-10/h3-7H2,1-2H3. The molecule has 1 aliphatic rings. The molecule has 0 spiro atoms. The molecular formula is C8H16N2. The van der Waals surface area contributed by atoms with E-state index < -0.39 is 0 Å². The maximum Gasteiger partial charge on any atom is 0.146 e. The summed E-state index contributed by atoms with van der Waals surface area (Å²) in [6.07, 6.45) is 2.57. The minimum absolute atomic E-state index is 1.14. The number of likely N-dealkylation sites (N-methyl/N-ethyl adjacent to an activating group) is 1. The molecule has 0 saturated carbocycles. The minimum Gasteiger partial charge on any atom is -0.281 e. The Morgan fingerprint density at radius 2 is 2.20 bits per heavy atom. The zero-order valence-corrected chi connectivity index (χ0v) is 6.93. The van der Waals surface area contributed by atoms with Gasteiger partial charge in [-0.2, -0.15) is 0 Å². The van der Waals surface area contributed by atoms with Crippen molar-refractivity contribution < 1.29 is 0 Å². The average molecular weight is 140 g/mol. The third-order valence-corrected chi connectivity index (χ3v) is 1.80. The SMILES string of the molecule is CCCCN1[C]N(C)CC1. The fraction of sp³-hybridized carbons (Fsp3) is 0.875. The van der Waals surface area contributed by atoms with Gasteiger partial charge in [0.1, 0.15) is 6.67 Å². The van der Waals surface area contributed by atoms with Crippen LogP contribution >= 0.6 is 0 Å². The highest BCUT2D eigenvalue weighted by molar-refractivity contribution is 4.76. The van der Waals surface area contributed by atoms with Crippen LogP contribution in [0.25, 0.3) is 0 Å². The molecule has 0 aliphatic carbocycles. The molecule has 2 heteroatoms. The van der Waals surface area contributed by atoms with E-state index in [0.29, 0.717) is 0 Å². The molecule has 1 heterocycles. The van der Waals surface area contributed by atoms with Crippen LogP contribution in [0.4, 0.5) is 0 Å². The Morgan fingerprint density at radius 1 is 1.40 bits per heavy atom. The molecule has 1 fully saturated rings. The second kappa shape index (κ2) is 3.94. The second-order valence-corrected chi connectivity index (χ2v) is 2.86. The first-order valence-electron chi connectivity index (χ1n) is 4.05. The van der Waals surface area contributed by atoms with E-state index in [-0.39, 0.29) is 0 Å². The van der Waals surface area contributed by atoms with Gasteiger partial charge in [-0.15, -0.1) is 0 Å². The number of hydrogen-bond donors (Lipinski definition) is 0. The van der Waals surface area contributed by atoms with Crippen molar-refractivity contribution in [2.75, 3.05) is 26.7 Å². The van der Waals surface area contributed by atoms with E-state index in [1.807, 2.05) is 0 Å². The highest BCUT2D eigenvalue weighted by Gasteiger charge is 2.16. The summed E-state index contributed by atoms with van der Waals surface area (Å²) in [4.78, 5) is 4.39. The Bertz CT molecular complexity index is 93.3. The molecule has 2 nitrogen and oxygen atoms in total. The van der Waals surface area contributed by atoms with E-state index in [4.69, 9.17) is 0 Å². The highest BCUT2D eigenvalue weighted by atomic mass is 15.4. The van der Waals surface area contributed by atoms with Gasteiger partial charge in [0, 0.05) is 19.6 Å². The largest absolute Gasteiger partial charge is 0.281 e. The molecule has 1 saturated heterocycles. The van der Waals surface area contributed by atoms with E-state index >= 15 is 0 Å². The first-order valence-corrected chi connectivity index (χ1v) is 4.05. The van der Waals surface area contributed by atoms with Crippen LogP contribution in [0, 0.1) is 6.67 Å². The topological polar surface area (TPSA) is 6.48 Å². The molecule has 0 atom stereocenters. The lowest BCUT2D eigenvalue weighted by atomic mass is 10.3. The fourth-order valence-corrected chi connectivity index (χ4v) is 1.12. The fourth-order valence-electron chi connectivity index (χ4n) is 1.12. The van der Waals surface area contributed by atoms with Gasteiger partial charge in [-0.25, -0.2) is 0 Å². The normalized spacial score (nSPS) is 22.2. The van der Waals surface area contributed by atoms with Crippen LogP contribution in [0.3, 0.4) is 0 Å². The minimum atomic E-state index is 1.14. The summed E-state index contributed by atoms with van der Waals surface area (Å²) in [7, 11) is 2.08. The third-order valence-electron chi connectivity index (χ3n) is 1.80. The van der Waals surface area contributed by atoms with Gasteiger partial charge in [-0.1, -0.05) is 13.3 Å². The molecule has 0 aromatic rings. The quantitative estimate of drug-likeness (QED) is 0.577. The molecule has 1 rings (SSSR count). The van der Waals surface area contributed by atoms with E-state index in [1.165, 1.54) is 19.4 Å². The van der Waals surface area contributed by atoms with Crippen LogP contribution in [0.1, 0.15) is 19.8 Å². The molecule has 0 aromatic heterocycles. The monoisotopic (exact) mass is 140 g/mol. The van der Waals surface area contributed by atoms with Crippen molar-refractivity contribution in [3.63, 3.8) is 0 Å². The first-order chi connectivity index (χ1) is 4.83. The van der Waals surface area contributed by atoms with Crippen LogP contribution < -0.4 is 0 Å². The van der Waals surface area contributed by atoms with Crippen molar-refractivity contribution in [3.8, 4) is 0 Å². The van der Waals surface area contributed by atoms with Gasteiger partial charge >= 0.3 is 0 Å². The van der Waals surface area contributed by atoms with Gasteiger partial charge in [0.05, 0.1) is 0 Å². The lowest BCUT2D eigenvalue weighted by molar-refractivity contribution is 0.347. The number of hydrogen-bond acceptors (Lipinski definition) is 2. The molecule has 0 aromatic carbocycles. The Hall–Kier alpha value is -0.0800. The van der Waals surface area contributed by atoms with Crippen LogP contribution in [0.2, 0.25) is 0 Å². The maximum absolute atomic E-state index is 3.26. The molecule has 0 unspecified atom stereocenters. The third kappa shape index (κ3) is 2.27. The summed E-state index contributed by atoms with van der Waals surface area (Å²) in [5.74, 6) is 0. The van der Waals surface area contributed by atoms with Crippen LogP contribution in [-0.2, 0) is 0 Å². The van der Waals surface area contributed by atoms with E-state index in [2.05, 4.69) is 30.4 Å². The molecule has 0 N–H and O–H groups in total. The Labute approximate surface area is 63.8 Å². The summed E-state index contributed by atoms with van der Waals surface area (Å²) in [6, 6.07) is 0. The summed E-state index contributed by atoms with van der Waals surface area (Å²) in [6.45, 7) is 8.96. The number of unbranched alkanes of at least 4 members (excludes halogenated alkanes) is 1. The van der Waals surface area contributed by atoms with Gasteiger partial charge in [0.2, 0.25) is 0 Å². The van der Waals surface area contributed by atoms with Crippen LogP contribution in [0.5, 0.6) is 0 Å². The summed E-state index contributed by atoms with van der Waals surface area (Å²) >= 11 is 0. The van der Waals surface area contributed by atoms with Crippen molar-refractivity contribution in [3.05, 3.63) is 6.67 Å². The smallest absolute Gasteiger partial charge is 0.146 e. The molecule has 2 radical (unpaired) electrons. The molecule has 10 heavy (non-hydrogen) atoms. The Morgan fingerprint density at radius 3 is 2.70 bits per heavy atom. The van der Waals surface area contributed by atoms with Crippen molar-refractivity contribution in [1.82, 2.24) is 9.80 Å². The lowest BCUT2D eigenvalue weighted by Crippen LogP contribution is -2.18. The van der Waals surface area contributed by atoms with Gasteiger partial charge in [0.15, 0.2) is 0 Å². The van der Waals surface area contributed by atoms with Gasteiger partial charge in [-0.3, -0.25) is 9.80 Å². The lowest BCUT2D eigenvalue weighted by Gasteiger charge is -2.11. The maximum atomic E-state index is 3.26. The van der Waals surface area contributed by atoms with Crippen molar-refractivity contribution in [2.24, 2.45) is 0 Å². The van der Waals surface area contributed by atoms with Crippen molar-refractivity contribution in [1.29, 1.82) is 0 Å². The first kappa shape index (κ1) is 8.02. The zero-order valence-electron chi connectivity index (χ0n) is 6.93. The van der Waals surface area contributed by atoms with Gasteiger partial charge in [-0.05, 0) is 13.5 Å². The van der Waals surface area contributed by atoms with Gasteiger partial charge in [0.25, 0.3) is 0 Å². The van der Waals surface area contributed by atoms with Gasteiger partial charge < -0.3 is 0 Å². The van der Waals surface area contributed by atoms with E-state index in [1.54, 1.807) is 0 Å². The highest BCUT2D eigenvalue weighted by Crippen LogP contribution is 2.07. The van der Waals surface area contributed by atoms with Crippen molar-refractivity contribution in [2.45, 2.75) is 19.8 Å². The second-order valence-electron chi connectivity index (χ2n) is 2.86. The summed E-state index contributed by atoms with van der Waals surface area (Å²) < 4.78 is 0. The summed E-state index contributed by atoms with van der Waals surface area (Å²) in [5, 5.41) is 0. The zero-order chi connectivity index (χ0) is 7.40. The summed E-state index contributed by atoms with van der Waals surface area (Å²) in [5.41, 5.74) is 0. The number of nitrogens with zero attached hydrogens (tertiary/aromatic N) is 2. The van der Waals surface area contributed by atoms with Crippen LogP contribution in [0.15, 0.2) is 0 Å². The molecular weight excluding hydrogens is 124 g/mol. The average Bonchev–Trinajstić information content (AvgIpc) is 2.31. The molecule has 1 aliphatic heterocycles. The molecule has 58 valence electrons. The molecule has 0 amide bonds. The van der Waals surface area contributed by atoms with Crippen LogP contribution in [-0.4, -0.2) is 36.5 Å². The predicted octanol–water partition coefficient (Wildman–Crippen LogP) is 1.03. The van der Waals surface area contributed by atoms with E-state index in [0.717, 1.165) is 13.1 Å². The molecule has 0 bridgehead atoms. The Kier molecular flexibility index (Phi) is 3.16. The van der Waals surface area contributed by atoms with Crippen molar-refractivity contribution >= 4 is 0 Å². The Balaban J connectivity index is 2.06. The number of rotatable bonds is 3. The van der Waals surface area contributed by atoms with E-state index in [9.17, 15) is 0 Å². The predicted molar refractivity (Wildman–Crippen MR) is 42.4 cm³/mol.